The highest BCUT2D eigenvalue weighted by Gasteiger charge is 2.13. The molecule has 1 aromatic heterocycles. The Morgan fingerprint density at radius 3 is 2.12 bits per heavy atom. The van der Waals surface area contributed by atoms with E-state index in [4.69, 9.17) is 4.52 Å². The average molecular weight is 353 g/mol. The van der Waals surface area contributed by atoms with Crippen LogP contribution in [0.25, 0.3) is 0 Å². The van der Waals surface area contributed by atoms with E-state index in [1.54, 1.807) is 50.2 Å². The number of hydrogen-bond acceptors (Lipinski definition) is 4. The third kappa shape index (κ3) is 3.77. The molecule has 0 aliphatic carbocycles. The van der Waals surface area contributed by atoms with Crippen molar-refractivity contribution in [3.05, 3.63) is 76.9 Å². The number of amides is 2. The maximum Gasteiger partial charge on any atom is 0.260 e. The summed E-state index contributed by atoms with van der Waals surface area (Å²) >= 11 is 0. The van der Waals surface area contributed by atoms with Crippen LogP contribution >= 0.6 is 0 Å². The van der Waals surface area contributed by atoms with Crippen LogP contribution in [0.2, 0.25) is 0 Å². The van der Waals surface area contributed by atoms with Crippen LogP contribution in [0.15, 0.2) is 53.2 Å². The quantitative estimate of drug-likeness (QED) is 0.744. The zero-order chi connectivity index (χ0) is 18.7. The molecule has 3 rings (SSSR count). The molecule has 26 heavy (non-hydrogen) atoms. The van der Waals surface area contributed by atoms with E-state index in [1.807, 2.05) is 0 Å². The van der Waals surface area contributed by atoms with Gasteiger partial charge in [-0.3, -0.25) is 9.59 Å². The summed E-state index contributed by atoms with van der Waals surface area (Å²) in [5.74, 6) is -0.757. The maximum atomic E-state index is 13.6. The smallest absolute Gasteiger partial charge is 0.260 e. The van der Waals surface area contributed by atoms with Crippen LogP contribution in [-0.4, -0.2) is 17.0 Å². The molecule has 0 saturated carbocycles. The van der Waals surface area contributed by atoms with E-state index >= 15 is 0 Å². The predicted molar refractivity (Wildman–Crippen MR) is 94.7 cm³/mol. The Labute approximate surface area is 149 Å². The SMILES string of the molecule is Cc1ccc(C(=O)Nc2ccc(NC(=O)c3cnoc3C)cc2)cc1F. The van der Waals surface area contributed by atoms with Gasteiger partial charge in [0.15, 0.2) is 0 Å². The highest BCUT2D eigenvalue weighted by molar-refractivity contribution is 6.06. The fraction of sp³-hybridized carbons (Fsp3) is 0.105. The topological polar surface area (TPSA) is 84.2 Å². The molecule has 0 unspecified atom stereocenters. The molecule has 0 bridgehead atoms. The molecule has 0 radical (unpaired) electrons. The Hall–Kier alpha value is -3.48. The second-order valence-corrected chi connectivity index (χ2v) is 5.75. The van der Waals surface area contributed by atoms with Crippen molar-refractivity contribution in [2.45, 2.75) is 13.8 Å². The summed E-state index contributed by atoms with van der Waals surface area (Å²) in [6.07, 6.45) is 1.35. The fourth-order valence-electron chi connectivity index (χ4n) is 2.29. The number of carbonyl (C=O) groups is 2. The second-order valence-electron chi connectivity index (χ2n) is 5.75. The number of aromatic nitrogens is 1. The molecule has 0 saturated heterocycles. The Morgan fingerprint density at radius 2 is 1.58 bits per heavy atom. The number of nitrogens with one attached hydrogen (secondary N) is 2. The third-order valence-electron chi connectivity index (χ3n) is 3.83. The summed E-state index contributed by atoms with van der Waals surface area (Å²) < 4.78 is 18.4. The van der Waals surface area contributed by atoms with Gasteiger partial charge in [-0.05, 0) is 55.8 Å². The normalized spacial score (nSPS) is 10.4. The maximum absolute atomic E-state index is 13.6. The molecular formula is C19H16FN3O3. The van der Waals surface area contributed by atoms with Gasteiger partial charge in [0.25, 0.3) is 11.8 Å². The first-order valence-electron chi connectivity index (χ1n) is 7.84. The van der Waals surface area contributed by atoms with E-state index in [1.165, 1.54) is 12.3 Å². The lowest BCUT2D eigenvalue weighted by atomic mass is 10.1. The monoisotopic (exact) mass is 353 g/mol. The van der Waals surface area contributed by atoms with Gasteiger partial charge < -0.3 is 15.2 Å². The van der Waals surface area contributed by atoms with Gasteiger partial charge in [0.2, 0.25) is 0 Å². The first kappa shape index (κ1) is 17.3. The van der Waals surface area contributed by atoms with Crippen LogP contribution in [0.1, 0.15) is 32.0 Å². The van der Waals surface area contributed by atoms with Crippen molar-refractivity contribution in [1.82, 2.24) is 5.16 Å². The lowest BCUT2D eigenvalue weighted by molar-refractivity contribution is 0.101. The lowest BCUT2D eigenvalue weighted by Gasteiger charge is -2.08. The summed E-state index contributed by atoms with van der Waals surface area (Å²) in [4.78, 5) is 24.3. The van der Waals surface area contributed by atoms with Crippen LogP contribution < -0.4 is 10.6 Å². The van der Waals surface area contributed by atoms with Gasteiger partial charge in [-0.2, -0.15) is 0 Å². The first-order valence-corrected chi connectivity index (χ1v) is 7.84. The zero-order valence-corrected chi connectivity index (χ0v) is 14.2. The van der Waals surface area contributed by atoms with Crippen LogP contribution in [0.5, 0.6) is 0 Å². The molecule has 2 N–H and O–H groups in total. The van der Waals surface area contributed by atoms with E-state index in [9.17, 15) is 14.0 Å². The van der Waals surface area contributed by atoms with E-state index < -0.39 is 11.7 Å². The molecule has 132 valence electrons. The number of carbonyl (C=O) groups excluding carboxylic acids is 2. The molecule has 7 heteroatoms. The minimum Gasteiger partial charge on any atom is -0.361 e. The molecule has 0 aliphatic rings. The number of halogens is 1. The number of benzene rings is 2. The number of rotatable bonds is 4. The Kier molecular flexibility index (Phi) is 4.79. The average Bonchev–Trinajstić information content (AvgIpc) is 3.05. The van der Waals surface area contributed by atoms with Crippen molar-refractivity contribution in [2.75, 3.05) is 10.6 Å². The van der Waals surface area contributed by atoms with Gasteiger partial charge in [-0.25, -0.2) is 4.39 Å². The molecule has 0 atom stereocenters. The molecule has 6 nitrogen and oxygen atoms in total. The summed E-state index contributed by atoms with van der Waals surface area (Å²) in [6, 6.07) is 10.9. The molecule has 0 spiro atoms. The highest BCUT2D eigenvalue weighted by atomic mass is 19.1. The van der Waals surface area contributed by atoms with Gasteiger partial charge >= 0.3 is 0 Å². The molecule has 3 aromatic rings. The third-order valence-corrected chi connectivity index (χ3v) is 3.83. The molecule has 0 aliphatic heterocycles. The van der Waals surface area contributed by atoms with Gasteiger partial charge in [0.05, 0.1) is 6.20 Å². The largest absolute Gasteiger partial charge is 0.361 e. The van der Waals surface area contributed by atoms with Crippen molar-refractivity contribution in [1.29, 1.82) is 0 Å². The summed E-state index contributed by atoms with van der Waals surface area (Å²) in [6.45, 7) is 3.28. The van der Waals surface area contributed by atoms with Gasteiger partial charge in [-0.15, -0.1) is 0 Å². The van der Waals surface area contributed by atoms with E-state index in [0.29, 0.717) is 28.3 Å². The molecule has 0 fully saturated rings. The second kappa shape index (κ2) is 7.18. The Balaban J connectivity index is 1.65. The number of nitrogens with zero attached hydrogens (tertiary/aromatic N) is 1. The van der Waals surface area contributed by atoms with Gasteiger partial charge in [0, 0.05) is 16.9 Å². The Morgan fingerprint density at radius 1 is 0.962 bits per heavy atom. The van der Waals surface area contributed by atoms with Crippen LogP contribution in [0.4, 0.5) is 15.8 Å². The minimum absolute atomic E-state index is 0.230. The van der Waals surface area contributed by atoms with Crippen LogP contribution in [-0.2, 0) is 0 Å². The molecule has 2 aromatic carbocycles. The zero-order valence-electron chi connectivity index (χ0n) is 14.2. The van der Waals surface area contributed by atoms with Crippen LogP contribution in [0.3, 0.4) is 0 Å². The van der Waals surface area contributed by atoms with Crippen molar-refractivity contribution >= 4 is 23.2 Å². The fourth-order valence-corrected chi connectivity index (χ4v) is 2.29. The Bertz CT molecular complexity index is 964. The van der Waals surface area contributed by atoms with E-state index in [2.05, 4.69) is 15.8 Å². The molecular weight excluding hydrogens is 337 g/mol. The number of anilines is 2. The standard InChI is InChI=1S/C19H16FN3O3/c1-11-3-4-13(9-17(11)20)18(24)22-14-5-7-15(8-6-14)23-19(25)16-10-21-26-12(16)2/h3-10H,1-2H3,(H,22,24)(H,23,25). The van der Waals surface area contributed by atoms with Crippen molar-refractivity contribution in [3.8, 4) is 0 Å². The highest BCUT2D eigenvalue weighted by Crippen LogP contribution is 2.17. The van der Waals surface area contributed by atoms with Crippen molar-refractivity contribution < 1.29 is 18.5 Å². The summed E-state index contributed by atoms with van der Waals surface area (Å²) in [5, 5.41) is 8.95. The van der Waals surface area contributed by atoms with E-state index in [-0.39, 0.29) is 11.5 Å². The van der Waals surface area contributed by atoms with Crippen LogP contribution in [0, 0.1) is 19.7 Å². The van der Waals surface area contributed by atoms with Gasteiger partial charge in [-0.1, -0.05) is 11.2 Å². The lowest BCUT2D eigenvalue weighted by Crippen LogP contribution is -2.13. The molecule has 2 amide bonds. The molecule has 1 heterocycles. The predicted octanol–water partition coefficient (Wildman–Crippen LogP) is 3.94. The van der Waals surface area contributed by atoms with E-state index in [0.717, 1.165) is 0 Å². The summed E-state index contributed by atoms with van der Waals surface area (Å²) in [7, 11) is 0. The van der Waals surface area contributed by atoms with Crippen molar-refractivity contribution in [3.63, 3.8) is 0 Å². The van der Waals surface area contributed by atoms with Crippen molar-refractivity contribution in [2.24, 2.45) is 0 Å². The number of aryl methyl sites for hydroxylation is 2. The van der Waals surface area contributed by atoms with Gasteiger partial charge in [0.1, 0.15) is 17.1 Å². The first-order chi connectivity index (χ1) is 12.4. The number of hydrogen-bond donors (Lipinski definition) is 2. The summed E-state index contributed by atoms with van der Waals surface area (Å²) in [5.41, 5.74) is 2.13. The minimum atomic E-state index is -0.431.